The van der Waals surface area contributed by atoms with Crippen LogP contribution in [-0.4, -0.2) is 43.2 Å². The Hall–Kier alpha value is -3.75. The molecule has 0 aliphatic carbocycles. The fourth-order valence-corrected chi connectivity index (χ4v) is 4.36. The van der Waals surface area contributed by atoms with Gasteiger partial charge in [0.15, 0.2) is 0 Å². The molecule has 0 unspecified atom stereocenters. The van der Waals surface area contributed by atoms with Crippen LogP contribution in [0.15, 0.2) is 43.1 Å². The number of benzene rings is 2. The molecule has 10 heteroatoms. The number of anilines is 1. The summed E-state index contributed by atoms with van der Waals surface area (Å²) in [6.45, 7) is 4.23. The number of hydrogen-bond donors (Lipinski definition) is 3. The lowest BCUT2D eigenvalue weighted by molar-refractivity contribution is 0.0590. The van der Waals surface area contributed by atoms with Crippen molar-refractivity contribution in [3.63, 3.8) is 0 Å². The largest absolute Gasteiger partial charge is 0.464 e. The van der Waals surface area contributed by atoms with E-state index in [1.807, 2.05) is 0 Å². The Bertz CT molecular complexity index is 1510. The number of H-pyrrole nitrogens is 2. The maximum absolute atomic E-state index is 14.1. The third-order valence-electron chi connectivity index (χ3n) is 5.65. The third-order valence-corrected chi connectivity index (χ3v) is 6.17. The lowest BCUT2D eigenvalue weighted by Gasteiger charge is -2.15. The Balaban J connectivity index is 2.12. The second kappa shape index (κ2) is 9.48. The molecule has 0 amide bonds. The number of esters is 2. The van der Waals surface area contributed by atoms with E-state index in [-0.39, 0.29) is 22.0 Å². The first kappa shape index (κ1) is 24.4. The number of ether oxygens (including phenoxy) is 2. The van der Waals surface area contributed by atoms with Crippen LogP contribution in [0, 0.1) is 5.82 Å². The summed E-state index contributed by atoms with van der Waals surface area (Å²) in [5, 5.41) is 3.93. The fraction of sp³-hybridized carbons (Fsp3) is 0.120. The molecule has 7 nitrogen and oxygen atoms in total. The minimum Gasteiger partial charge on any atom is -0.464 e. The van der Waals surface area contributed by atoms with Crippen molar-refractivity contribution in [2.24, 2.45) is 0 Å². The minimum atomic E-state index is -0.730. The molecule has 0 saturated heterocycles. The number of carbonyl (C=O) groups is 2. The van der Waals surface area contributed by atoms with Crippen molar-refractivity contribution >= 4 is 57.3 Å². The van der Waals surface area contributed by atoms with Crippen LogP contribution in [0.4, 0.5) is 10.1 Å². The lowest BCUT2D eigenvalue weighted by atomic mass is 9.90. The summed E-state index contributed by atoms with van der Waals surface area (Å²) in [4.78, 5) is 31.5. The van der Waals surface area contributed by atoms with Gasteiger partial charge in [-0.3, -0.25) is 0 Å². The topological polar surface area (TPSA) is 96.2 Å². The Morgan fingerprint density at radius 2 is 1.74 bits per heavy atom. The second-order valence-corrected chi connectivity index (χ2v) is 8.38. The first-order chi connectivity index (χ1) is 16.7. The highest BCUT2D eigenvalue weighted by atomic mass is 35.5. The molecule has 4 rings (SSSR count). The van der Waals surface area contributed by atoms with Crippen LogP contribution in [-0.2, 0) is 9.47 Å². The molecule has 3 N–H and O–H groups in total. The Morgan fingerprint density at radius 1 is 1.06 bits per heavy atom. The number of halogens is 3. The van der Waals surface area contributed by atoms with Gasteiger partial charge in [0.05, 0.1) is 19.2 Å². The Kier molecular flexibility index (Phi) is 6.60. The fourth-order valence-electron chi connectivity index (χ4n) is 4.02. The standard InChI is InChI=1S/C25H20Cl2FN3O4/c1-11(13-7-12(26)5-6-18(13)29-2)20-21(23(25(33)35-4)31-22(20)24(32)34-3)15-10-30-19-9-17(28)16(27)8-14(15)19/h5-10,29-31H,1H2,2-4H3. The van der Waals surface area contributed by atoms with Crippen LogP contribution in [0.2, 0.25) is 10.0 Å². The molecular weight excluding hydrogens is 496 g/mol. The quantitative estimate of drug-likeness (QED) is 0.262. The van der Waals surface area contributed by atoms with E-state index in [2.05, 4.69) is 21.9 Å². The molecule has 180 valence electrons. The SMILES string of the molecule is C=C(c1cc(Cl)ccc1NC)c1c(C(=O)OC)[nH]c(C(=O)OC)c1-c1c[nH]c2cc(F)c(Cl)cc12. The van der Waals surface area contributed by atoms with Crippen molar-refractivity contribution in [2.75, 3.05) is 26.6 Å². The van der Waals surface area contributed by atoms with Crippen LogP contribution in [0.25, 0.3) is 27.6 Å². The zero-order valence-corrected chi connectivity index (χ0v) is 20.4. The summed E-state index contributed by atoms with van der Waals surface area (Å²) in [7, 11) is 4.17. The molecule has 2 aromatic heterocycles. The first-order valence-electron chi connectivity index (χ1n) is 10.3. The van der Waals surface area contributed by atoms with E-state index in [9.17, 15) is 14.0 Å². The van der Waals surface area contributed by atoms with Crippen LogP contribution >= 0.6 is 23.2 Å². The Morgan fingerprint density at radius 3 is 2.40 bits per heavy atom. The second-order valence-electron chi connectivity index (χ2n) is 7.54. The van der Waals surface area contributed by atoms with E-state index in [0.717, 1.165) is 0 Å². The van der Waals surface area contributed by atoms with Crippen LogP contribution < -0.4 is 5.32 Å². The molecule has 2 aromatic carbocycles. The number of aromatic amines is 2. The van der Waals surface area contributed by atoms with E-state index >= 15 is 0 Å². The van der Waals surface area contributed by atoms with Crippen molar-refractivity contribution in [3.8, 4) is 11.1 Å². The predicted molar refractivity (Wildman–Crippen MR) is 135 cm³/mol. The molecule has 0 fully saturated rings. The van der Waals surface area contributed by atoms with Gasteiger partial charge in [-0.1, -0.05) is 29.8 Å². The zero-order valence-electron chi connectivity index (χ0n) is 18.9. The van der Waals surface area contributed by atoms with Gasteiger partial charge in [-0.15, -0.1) is 0 Å². The number of nitrogens with one attached hydrogen (secondary N) is 3. The zero-order chi connectivity index (χ0) is 25.4. The predicted octanol–water partition coefficient (Wildman–Crippen LogP) is 6.29. The summed E-state index contributed by atoms with van der Waals surface area (Å²) in [6, 6.07) is 7.85. The van der Waals surface area contributed by atoms with Crippen molar-refractivity contribution in [3.05, 3.63) is 81.5 Å². The smallest absolute Gasteiger partial charge is 0.355 e. The van der Waals surface area contributed by atoms with Crippen molar-refractivity contribution in [1.82, 2.24) is 9.97 Å². The molecule has 2 heterocycles. The summed E-state index contributed by atoms with van der Waals surface area (Å²) in [5.74, 6) is -2.06. The summed E-state index contributed by atoms with van der Waals surface area (Å²) in [5.41, 5.74) is 3.12. The highest BCUT2D eigenvalue weighted by Crippen LogP contribution is 2.43. The molecule has 0 aliphatic heterocycles. The lowest BCUT2D eigenvalue weighted by Crippen LogP contribution is -2.07. The van der Waals surface area contributed by atoms with Crippen LogP contribution in [0.3, 0.4) is 0 Å². The van der Waals surface area contributed by atoms with Crippen LogP contribution in [0.5, 0.6) is 0 Å². The minimum absolute atomic E-state index is 0.0153. The van der Waals surface area contributed by atoms with Gasteiger partial charge in [-0.05, 0) is 35.9 Å². The van der Waals surface area contributed by atoms with Gasteiger partial charge in [0.1, 0.15) is 17.2 Å². The van der Waals surface area contributed by atoms with Crippen molar-refractivity contribution < 1.29 is 23.5 Å². The molecule has 0 radical (unpaired) electrons. The number of aromatic nitrogens is 2. The van der Waals surface area contributed by atoms with E-state index in [1.165, 1.54) is 26.4 Å². The van der Waals surface area contributed by atoms with E-state index in [4.69, 9.17) is 32.7 Å². The van der Waals surface area contributed by atoms with E-state index < -0.39 is 17.8 Å². The van der Waals surface area contributed by atoms with Crippen molar-refractivity contribution in [2.45, 2.75) is 0 Å². The number of methoxy groups -OCH3 is 2. The molecule has 0 atom stereocenters. The molecular formula is C25H20Cl2FN3O4. The van der Waals surface area contributed by atoms with Gasteiger partial charge < -0.3 is 24.8 Å². The average Bonchev–Trinajstić information content (AvgIpc) is 3.44. The molecule has 0 saturated carbocycles. The van der Waals surface area contributed by atoms with Gasteiger partial charge in [0.2, 0.25) is 0 Å². The molecule has 35 heavy (non-hydrogen) atoms. The third kappa shape index (κ3) is 4.15. The van der Waals surface area contributed by atoms with Crippen molar-refractivity contribution in [1.29, 1.82) is 0 Å². The van der Waals surface area contributed by atoms with Gasteiger partial charge in [-0.2, -0.15) is 0 Å². The number of fused-ring (bicyclic) bond motifs is 1. The number of rotatable bonds is 6. The monoisotopic (exact) mass is 515 g/mol. The molecule has 0 spiro atoms. The summed E-state index contributed by atoms with van der Waals surface area (Å²) in [6.07, 6.45) is 1.59. The Labute approximate surface area is 209 Å². The maximum atomic E-state index is 14.1. The molecule has 4 aromatic rings. The van der Waals surface area contributed by atoms with Crippen LogP contribution in [0.1, 0.15) is 32.1 Å². The van der Waals surface area contributed by atoms with E-state index in [0.29, 0.717) is 43.9 Å². The number of hydrogen-bond acceptors (Lipinski definition) is 5. The number of carbonyl (C=O) groups excluding carboxylic acids is 2. The normalized spacial score (nSPS) is 10.9. The van der Waals surface area contributed by atoms with Gasteiger partial charge in [-0.25, -0.2) is 14.0 Å². The van der Waals surface area contributed by atoms with Gasteiger partial charge in [0, 0.05) is 57.1 Å². The summed E-state index contributed by atoms with van der Waals surface area (Å²) < 4.78 is 24.1. The summed E-state index contributed by atoms with van der Waals surface area (Å²) >= 11 is 12.3. The molecule has 0 aliphatic rings. The van der Waals surface area contributed by atoms with E-state index in [1.54, 1.807) is 31.4 Å². The first-order valence-corrected chi connectivity index (χ1v) is 11.0. The highest BCUT2D eigenvalue weighted by molar-refractivity contribution is 6.32. The average molecular weight is 516 g/mol. The van der Waals surface area contributed by atoms with Gasteiger partial charge in [0.25, 0.3) is 0 Å². The highest BCUT2D eigenvalue weighted by Gasteiger charge is 2.31. The maximum Gasteiger partial charge on any atom is 0.355 e. The molecule has 0 bridgehead atoms. The van der Waals surface area contributed by atoms with Gasteiger partial charge >= 0.3 is 11.9 Å².